The van der Waals surface area contributed by atoms with Gasteiger partial charge in [-0.05, 0) is 6.07 Å². The Kier molecular flexibility index (Phi) is 4.11. The first-order valence-electron chi connectivity index (χ1n) is 6.19. The van der Waals surface area contributed by atoms with Gasteiger partial charge in [-0.25, -0.2) is 0 Å². The third-order valence-corrected chi connectivity index (χ3v) is 3.01. The predicted octanol–water partition coefficient (Wildman–Crippen LogP) is 1.07. The first-order chi connectivity index (χ1) is 9.11. The molecule has 0 saturated carbocycles. The molecule has 104 valence electrons. The highest BCUT2D eigenvalue weighted by Gasteiger charge is 2.16. The van der Waals surface area contributed by atoms with Crippen LogP contribution in [0.15, 0.2) is 12.1 Å². The minimum absolute atomic E-state index is 0.177. The van der Waals surface area contributed by atoms with Gasteiger partial charge in [-0.1, -0.05) is 0 Å². The van der Waals surface area contributed by atoms with E-state index in [1.807, 2.05) is 12.1 Å². The Morgan fingerprint density at radius 2 is 2.11 bits per heavy atom. The smallest absolute Gasteiger partial charge is 0.221 e. The van der Waals surface area contributed by atoms with E-state index in [9.17, 15) is 4.79 Å². The maximum absolute atomic E-state index is 11.2. The molecule has 0 aromatic heterocycles. The van der Waals surface area contributed by atoms with Gasteiger partial charge in [-0.3, -0.25) is 4.79 Å². The molecule has 1 aliphatic heterocycles. The molecule has 0 atom stereocenters. The Balaban J connectivity index is 2.32. The first kappa shape index (κ1) is 13.5. The number of nitrogen functional groups attached to an aromatic ring is 1. The monoisotopic (exact) mass is 265 g/mol. The van der Waals surface area contributed by atoms with Crippen LogP contribution in [0.2, 0.25) is 0 Å². The van der Waals surface area contributed by atoms with Crippen molar-refractivity contribution >= 4 is 23.0 Å². The second-order valence-electron chi connectivity index (χ2n) is 4.39. The van der Waals surface area contributed by atoms with Gasteiger partial charge in [0.25, 0.3) is 0 Å². The number of benzene rings is 1. The normalized spacial score (nSPS) is 15.2. The van der Waals surface area contributed by atoms with E-state index in [0.29, 0.717) is 30.3 Å². The van der Waals surface area contributed by atoms with Crippen LogP contribution in [0.4, 0.5) is 17.1 Å². The highest BCUT2D eigenvalue weighted by atomic mass is 16.5. The number of ether oxygens (including phenoxy) is 2. The van der Waals surface area contributed by atoms with Crippen molar-refractivity contribution in [1.82, 2.24) is 0 Å². The van der Waals surface area contributed by atoms with Crippen LogP contribution in [0, 0.1) is 0 Å². The minimum Gasteiger partial charge on any atom is -0.494 e. The zero-order chi connectivity index (χ0) is 13.8. The zero-order valence-electron chi connectivity index (χ0n) is 11.2. The Bertz CT molecular complexity index is 470. The molecule has 3 N–H and O–H groups in total. The zero-order valence-corrected chi connectivity index (χ0v) is 11.2. The lowest BCUT2D eigenvalue weighted by Gasteiger charge is -2.29. The Hall–Kier alpha value is -1.95. The number of carbonyl (C=O) groups excluding carboxylic acids is 1. The summed E-state index contributed by atoms with van der Waals surface area (Å²) in [5.41, 5.74) is 8.00. The van der Waals surface area contributed by atoms with E-state index in [0.717, 1.165) is 18.8 Å². The van der Waals surface area contributed by atoms with Crippen LogP contribution >= 0.6 is 0 Å². The number of morpholine rings is 1. The summed E-state index contributed by atoms with van der Waals surface area (Å²) in [6.45, 7) is 4.49. The second-order valence-corrected chi connectivity index (χ2v) is 4.39. The number of carbonyl (C=O) groups is 1. The van der Waals surface area contributed by atoms with Gasteiger partial charge in [0, 0.05) is 31.8 Å². The number of amides is 1. The van der Waals surface area contributed by atoms with Crippen molar-refractivity contribution in [3.8, 4) is 5.75 Å². The number of hydrogen-bond acceptors (Lipinski definition) is 5. The fraction of sp³-hybridized carbons (Fsp3) is 0.462. The van der Waals surface area contributed by atoms with Crippen LogP contribution in [0.3, 0.4) is 0 Å². The van der Waals surface area contributed by atoms with Crippen LogP contribution in [0.5, 0.6) is 5.75 Å². The average Bonchev–Trinajstić information content (AvgIpc) is 2.41. The summed E-state index contributed by atoms with van der Waals surface area (Å²) in [7, 11) is 1.56. The number of nitrogens with two attached hydrogens (primary N) is 1. The molecule has 1 amide bonds. The summed E-state index contributed by atoms with van der Waals surface area (Å²) in [5.74, 6) is 0.390. The summed E-state index contributed by atoms with van der Waals surface area (Å²) >= 11 is 0. The number of rotatable bonds is 3. The van der Waals surface area contributed by atoms with Gasteiger partial charge < -0.3 is 25.4 Å². The molecule has 0 bridgehead atoms. The summed E-state index contributed by atoms with van der Waals surface area (Å²) in [5, 5.41) is 2.69. The van der Waals surface area contributed by atoms with Crippen molar-refractivity contribution in [3.63, 3.8) is 0 Å². The van der Waals surface area contributed by atoms with Gasteiger partial charge in [0.05, 0.1) is 26.0 Å². The third kappa shape index (κ3) is 3.08. The lowest BCUT2D eigenvalue weighted by molar-refractivity contribution is -0.114. The molecule has 1 aromatic carbocycles. The molecule has 0 radical (unpaired) electrons. The summed E-state index contributed by atoms with van der Waals surface area (Å²) in [6.07, 6.45) is 0. The minimum atomic E-state index is -0.177. The van der Waals surface area contributed by atoms with Gasteiger partial charge in [-0.15, -0.1) is 0 Å². The van der Waals surface area contributed by atoms with Crippen LogP contribution in [0.1, 0.15) is 6.92 Å². The quantitative estimate of drug-likeness (QED) is 0.799. The molecule has 1 aromatic rings. The highest BCUT2D eigenvalue weighted by Crippen LogP contribution is 2.36. The Morgan fingerprint density at radius 1 is 1.42 bits per heavy atom. The Morgan fingerprint density at radius 3 is 2.68 bits per heavy atom. The van der Waals surface area contributed by atoms with Crippen molar-refractivity contribution in [2.75, 3.05) is 49.4 Å². The van der Waals surface area contributed by atoms with Gasteiger partial charge >= 0.3 is 0 Å². The molecule has 1 fully saturated rings. The highest BCUT2D eigenvalue weighted by molar-refractivity contribution is 5.95. The third-order valence-electron chi connectivity index (χ3n) is 3.01. The molecule has 1 aliphatic rings. The lowest BCUT2D eigenvalue weighted by Crippen LogP contribution is -2.36. The number of hydrogen-bond donors (Lipinski definition) is 2. The summed E-state index contributed by atoms with van der Waals surface area (Å²) < 4.78 is 10.6. The molecule has 0 unspecified atom stereocenters. The molecular formula is C13H19N3O3. The van der Waals surface area contributed by atoms with Gasteiger partial charge in [0.2, 0.25) is 5.91 Å². The van der Waals surface area contributed by atoms with E-state index in [-0.39, 0.29) is 5.91 Å². The topological polar surface area (TPSA) is 76.8 Å². The van der Waals surface area contributed by atoms with Crippen molar-refractivity contribution in [1.29, 1.82) is 0 Å². The number of nitrogens with zero attached hydrogens (tertiary/aromatic N) is 1. The molecule has 1 heterocycles. The molecule has 0 aliphatic carbocycles. The van der Waals surface area contributed by atoms with Crippen LogP contribution in [0.25, 0.3) is 0 Å². The Labute approximate surface area is 112 Å². The second kappa shape index (κ2) is 5.79. The van der Waals surface area contributed by atoms with E-state index in [2.05, 4.69) is 10.2 Å². The summed E-state index contributed by atoms with van der Waals surface area (Å²) in [4.78, 5) is 13.4. The average molecular weight is 265 g/mol. The van der Waals surface area contributed by atoms with Crippen LogP contribution < -0.4 is 20.7 Å². The largest absolute Gasteiger partial charge is 0.494 e. The van der Waals surface area contributed by atoms with Crippen molar-refractivity contribution in [2.45, 2.75) is 6.92 Å². The van der Waals surface area contributed by atoms with Crippen molar-refractivity contribution in [3.05, 3.63) is 12.1 Å². The van der Waals surface area contributed by atoms with E-state index in [1.54, 1.807) is 7.11 Å². The van der Waals surface area contributed by atoms with Gasteiger partial charge in [0.15, 0.2) is 0 Å². The van der Waals surface area contributed by atoms with Crippen LogP contribution in [-0.4, -0.2) is 39.3 Å². The lowest BCUT2D eigenvalue weighted by atomic mass is 10.2. The standard InChI is InChI=1S/C13H19N3O3/c1-9(17)15-13-11(14)7-10(8-12(13)18-2)16-3-5-19-6-4-16/h7-8H,3-6,14H2,1-2H3,(H,15,17). The van der Waals surface area contributed by atoms with Gasteiger partial charge in [0.1, 0.15) is 11.4 Å². The molecule has 19 heavy (non-hydrogen) atoms. The fourth-order valence-corrected chi connectivity index (χ4v) is 2.10. The first-order valence-corrected chi connectivity index (χ1v) is 6.19. The van der Waals surface area contributed by atoms with E-state index < -0.39 is 0 Å². The van der Waals surface area contributed by atoms with E-state index in [4.69, 9.17) is 15.2 Å². The number of nitrogens with one attached hydrogen (secondary N) is 1. The van der Waals surface area contributed by atoms with Crippen molar-refractivity contribution < 1.29 is 14.3 Å². The maximum atomic E-state index is 11.2. The molecule has 1 saturated heterocycles. The molecule has 6 nitrogen and oxygen atoms in total. The van der Waals surface area contributed by atoms with Crippen LogP contribution in [-0.2, 0) is 9.53 Å². The molecule has 6 heteroatoms. The summed E-state index contributed by atoms with van der Waals surface area (Å²) in [6, 6.07) is 3.73. The number of methoxy groups -OCH3 is 1. The molecular weight excluding hydrogens is 246 g/mol. The van der Waals surface area contributed by atoms with E-state index in [1.165, 1.54) is 6.92 Å². The molecule has 2 rings (SSSR count). The fourth-order valence-electron chi connectivity index (χ4n) is 2.10. The number of anilines is 3. The maximum Gasteiger partial charge on any atom is 0.221 e. The van der Waals surface area contributed by atoms with Crippen molar-refractivity contribution in [2.24, 2.45) is 0 Å². The van der Waals surface area contributed by atoms with E-state index >= 15 is 0 Å². The SMILES string of the molecule is COc1cc(N2CCOCC2)cc(N)c1NC(C)=O. The van der Waals surface area contributed by atoms with Gasteiger partial charge in [-0.2, -0.15) is 0 Å². The molecule has 0 spiro atoms. The predicted molar refractivity (Wildman–Crippen MR) is 74.7 cm³/mol.